The molecule has 0 spiro atoms. The van der Waals surface area contributed by atoms with Crippen LogP contribution in [-0.2, 0) is 0 Å². The number of carbonyl (C=O) groups excluding carboxylic acids is 1. The first kappa shape index (κ1) is 18.6. The van der Waals surface area contributed by atoms with Crippen molar-refractivity contribution in [3.63, 3.8) is 0 Å². The van der Waals surface area contributed by atoms with Crippen molar-refractivity contribution in [2.24, 2.45) is 0 Å². The Labute approximate surface area is 168 Å². The zero-order valence-corrected chi connectivity index (χ0v) is 16.8. The number of amides is 2. The molecule has 1 aliphatic heterocycles. The lowest BCUT2D eigenvalue weighted by atomic mass is 10.1. The number of nitrogens with one attached hydrogen (secondary N) is 3. The molecule has 0 radical (unpaired) electrons. The van der Waals surface area contributed by atoms with Crippen molar-refractivity contribution < 1.29 is 4.79 Å². The van der Waals surface area contributed by atoms with Gasteiger partial charge in [0.2, 0.25) is 0 Å². The second kappa shape index (κ2) is 8.12. The average molecular weight is 397 g/mol. The summed E-state index contributed by atoms with van der Waals surface area (Å²) in [5.74, 6) is 0.839. The third-order valence-corrected chi connectivity index (χ3v) is 5.78. The molecule has 0 unspecified atom stereocenters. The first-order valence-corrected chi connectivity index (χ1v) is 10.3. The molecule has 2 amide bonds. The number of fused-ring (bicyclic) bond motifs is 1. The molecule has 0 atom stereocenters. The van der Waals surface area contributed by atoms with Crippen molar-refractivity contribution in [3.8, 4) is 0 Å². The minimum Gasteiger partial charge on any atom is -0.335 e. The molecule has 146 valence electrons. The van der Waals surface area contributed by atoms with E-state index >= 15 is 0 Å². The Balaban J connectivity index is 1.46. The molecule has 1 aliphatic rings. The highest BCUT2D eigenvalue weighted by atomic mass is 32.1. The zero-order valence-electron chi connectivity index (χ0n) is 16.0. The smallest absolute Gasteiger partial charge is 0.321 e. The van der Waals surface area contributed by atoms with E-state index in [1.54, 1.807) is 0 Å². The Morgan fingerprint density at radius 2 is 1.89 bits per heavy atom. The Bertz CT molecular complexity index is 964. The maximum atomic E-state index is 12.2. The number of thiazole rings is 1. The SMILES string of the molecule is Cc1ccc(N(C)c2ccc3nc(NC(=O)NC4CCNCC4)sc3n2)cc1. The molecular weight excluding hydrogens is 372 g/mol. The minimum atomic E-state index is -0.206. The van der Waals surface area contributed by atoms with Crippen LogP contribution in [0.3, 0.4) is 0 Å². The number of hydrogen-bond donors (Lipinski definition) is 3. The number of hydrogen-bond acceptors (Lipinski definition) is 6. The predicted molar refractivity (Wildman–Crippen MR) is 115 cm³/mol. The molecule has 1 saturated heterocycles. The summed E-state index contributed by atoms with van der Waals surface area (Å²) in [5, 5.41) is 9.71. The fourth-order valence-electron chi connectivity index (χ4n) is 3.23. The molecule has 3 heterocycles. The average Bonchev–Trinajstić information content (AvgIpc) is 3.10. The molecule has 1 aromatic carbocycles. The minimum absolute atomic E-state index is 0.206. The second-order valence-electron chi connectivity index (χ2n) is 7.03. The Morgan fingerprint density at radius 1 is 1.14 bits per heavy atom. The highest BCUT2D eigenvalue weighted by Crippen LogP contribution is 2.29. The van der Waals surface area contributed by atoms with Crippen molar-refractivity contribution in [1.29, 1.82) is 0 Å². The summed E-state index contributed by atoms with van der Waals surface area (Å²) in [5.41, 5.74) is 3.08. The first-order valence-electron chi connectivity index (χ1n) is 9.45. The summed E-state index contributed by atoms with van der Waals surface area (Å²) in [7, 11) is 1.99. The summed E-state index contributed by atoms with van der Waals surface area (Å²) in [6.07, 6.45) is 1.90. The maximum absolute atomic E-state index is 12.2. The van der Waals surface area contributed by atoms with Crippen LogP contribution in [0, 0.1) is 6.92 Å². The van der Waals surface area contributed by atoms with Crippen molar-refractivity contribution in [2.45, 2.75) is 25.8 Å². The molecular formula is C20H24N6OS. The van der Waals surface area contributed by atoms with Crippen molar-refractivity contribution in [2.75, 3.05) is 30.4 Å². The number of aryl methyl sites for hydroxylation is 1. The van der Waals surface area contributed by atoms with Gasteiger partial charge in [0.05, 0.1) is 0 Å². The number of carbonyl (C=O) groups is 1. The number of piperidine rings is 1. The largest absolute Gasteiger partial charge is 0.335 e. The van der Waals surface area contributed by atoms with Crippen LogP contribution in [0.15, 0.2) is 36.4 Å². The number of pyridine rings is 1. The number of nitrogens with zero attached hydrogens (tertiary/aromatic N) is 3. The van der Waals surface area contributed by atoms with Gasteiger partial charge in [0.1, 0.15) is 16.2 Å². The molecule has 0 aliphatic carbocycles. The monoisotopic (exact) mass is 396 g/mol. The quantitative estimate of drug-likeness (QED) is 0.627. The van der Waals surface area contributed by atoms with Gasteiger partial charge in [-0.3, -0.25) is 5.32 Å². The van der Waals surface area contributed by atoms with Crippen LogP contribution in [-0.4, -0.2) is 42.2 Å². The van der Waals surface area contributed by atoms with Gasteiger partial charge in [0, 0.05) is 18.8 Å². The molecule has 8 heteroatoms. The number of benzene rings is 1. The lowest BCUT2D eigenvalue weighted by Gasteiger charge is -2.23. The number of urea groups is 1. The van der Waals surface area contributed by atoms with E-state index in [1.165, 1.54) is 16.9 Å². The zero-order chi connectivity index (χ0) is 19.5. The van der Waals surface area contributed by atoms with Gasteiger partial charge in [0.25, 0.3) is 0 Å². The highest BCUT2D eigenvalue weighted by molar-refractivity contribution is 7.22. The normalized spacial score (nSPS) is 14.8. The molecule has 3 N–H and O–H groups in total. The van der Waals surface area contributed by atoms with E-state index in [0.717, 1.165) is 47.8 Å². The van der Waals surface area contributed by atoms with Crippen molar-refractivity contribution in [1.82, 2.24) is 20.6 Å². The van der Waals surface area contributed by atoms with Crippen LogP contribution in [0.5, 0.6) is 0 Å². The topological polar surface area (TPSA) is 82.2 Å². The maximum Gasteiger partial charge on any atom is 0.321 e. The van der Waals surface area contributed by atoms with Crippen LogP contribution in [0.2, 0.25) is 0 Å². The third kappa shape index (κ3) is 4.23. The molecule has 1 fully saturated rings. The Kier molecular flexibility index (Phi) is 5.40. The van der Waals surface area contributed by atoms with Gasteiger partial charge in [-0.25, -0.2) is 14.8 Å². The summed E-state index contributed by atoms with van der Waals surface area (Å²) in [6.45, 7) is 3.95. The number of aromatic nitrogens is 2. The fourth-order valence-corrected chi connectivity index (χ4v) is 4.06. The standard InChI is InChI=1S/C20H24N6OS/c1-13-3-5-15(6-4-13)26(2)17-8-7-16-18(24-17)28-20(23-16)25-19(27)22-14-9-11-21-12-10-14/h3-8,14,21H,9-12H2,1-2H3,(H2,22,23,25,27). The summed E-state index contributed by atoms with van der Waals surface area (Å²) in [6, 6.07) is 12.2. The van der Waals surface area contributed by atoms with Crippen LogP contribution in [0.25, 0.3) is 10.3 Å². The molecule has 3 aromatic rings. The van der Waals surface area contributed by atoms with Crippen LogP contribution in [0.1, 0.15) is 18.4 Å². The molecule has 4 rings (SSSR count). The van der Waals surface area contributed by atoms with Gasteiger partial charge in [0.15, 0.2) is 5.13 Å². The van der Waals surface area contributed by atoms with Crippen LogP contribution < -0.4 is 20.9 Å². The van der Waals surface area contributed by atoms with Gasteiger partial charge < -0.3 is 15.5 Å². The lowest BCUT2D eigenvalue weighted by molar-refractivity contribution is 0.245. The second-order valence-corrected chi connectivity index (χ2v) is 8.01. The van der Waals surface area contributed by atoms with E-state index in [-0.39, 0.29) is 12.1 Å². The first-order chi connectivity index (χ1) is 13.6. The third-order valence-electron chi connectivity index (χ3n) is 4.90. The van der Waals surface area contributed by atoms with Gasteiger partial charge in [-0.05, 0) is 57.1 Å². The molecule has 7 nitrogen and oxygen atoms in total. The van der Waals surface area contributed by atoms with Gasteiger partial charge in [-0.15, -0.1) is 0 Å². The van der Waals surface area contributed by atoms with Gasteiger partial charge in [-0.1, -0.05) is 29.0 Å². The fraction of sp³-hybridized carbons (Fsp3) is 0.350. The van der Waals surface area contributed by atoms with E-state index in [0.29, 0.717) is 5.13 Å². The van der Waals surface area contributed by atoms with Crippen LogP contribution in [0.4, 0.5) is 21.4 Å². The number of rotatable bonds is 4. The molecule has 28 heavy (non-hydrogen) atoms. The van der Waals surface area contributed by atoms with E-state index < -0.39 is 0 Å². The van der Waals surface area contributed by atoms with Crippen molar-refractivity contribution >= 4 is 44.4 Å². The van der Waals surface area contributed by atoms with Crippen molar-refractivity contribution in [3.05, 3.63) is 42.0 Å². The summed E-state index contributed by atoms with van der Waals surface area (Å²) < 4.78 is 0. The Hall–Kier alpha value is -2.71. The summed E-state index contributed by atoms with van der Waals surface area (Å²) in [4.78, 5) is 24.3. The van der Waals surface area contributed by atoms with Crippen LogP contribution >= 0.6 is 11.3 Å². The predicted octanol–water partition coefficient (Wildman–Crippen LogP) is 3.64. The van der Waals surface area contributed by atoms with Gasteiger partial charge in [-0.2, -0.15) is 0 Å². The van der Waals surface area contributed by atoms with E-state index in [4.69, 9.17) is 4.98 Å². The lowest BCUT2D eigenvalue weighted by Crippen LogP contribution is -2.44. The highest BCUT2D eigenvalue weighted by Gasteiger charge is 2.17. The number of anilines is 3. The van der Waals surface area contributed by atoms with E-state index in [1.807, 2.05) is 24.1 Å². The summed E-state index contributed by atoms with van der Waals surface area (Å²) >= 11 is 1.38. The molecule has 0 saturated carbocycles. The molecule has 0 bridgehead atoms. The van der Waals surface area contributed by atoms with E-state index in [2.05, 4.69) is 52.1 Å². The van der Waals surface area contributed by atoms with Gasteiger partial charge >= 0.3 is 6.03 Å². The molecule has 2 aromatic heterocycles. The van der Waals surface area contributed by atoms with E-state index in [9.17, 15) is 4.79 Å². The Morgan fingerprint density at radius 3 is 2.64 bits per heavy atom.